The van der Waals surface area contributed by atoms with Crippen LogP contribution >= 0.6 is 11.8 Å². The number of methoxy groups -OCH3 is 1. The van der Waals surface area contributed by atoms with Crippen LogP contribution in [0, 0.1) is 6.57 Å². The number of benzene rings is 3. The van der Waals surface area contributed by atoms with E-state index in [2.05, 4.69) is 20.1 Å². The third-order valence-corrected chi connectivity index (χ3v) is 6.09. The molecule has 35 heavy (non-hydrogen) atoms. The van der Waals surface area contributed by atoms with Crippen LogP contribution in [0.2, 0.25) is 0 Å². The normalized spacial score (nSPS) is 10.4. The number of anilines is 1. The summed E-state index contributed by atoms with van der Waals surface area (Å²) in [6, 6.07) is 24.2. The van der Waals surface area contributed by atoms with E-state index in [4.69, 9.17) is 11.3 Å². The molecule has 4 aromatic rings. The van der Waals surface area contributed by atoms with Gasteiger partial charge in [-0.1, -0.05) is 66.4 Å². The molecule has 0 saturated heterocycles. The Labute approximate surface area is 207 Å². The van der Waals surface area contributed by atoms with Gasteiger partial charge in [0.15, 0.2) is 5.16 Å². The maximum atomic E-state index is 12.5. The smallest absolute Gasteiger partial charge is 0.276 e. The lowest BCUT2D eigenvalue weighted by molar-refractivity contribution is -0.115. The van der Waals surface area contributed by atoms with Crippen molar-refractivity contribution in [1.82, 2.24) is 9.97 Å². The zero-order valence-electron chi connectivity index (χ0n) is 18.9. The number of thioether (sulfide) groups is 1. The Bertz CT molecular complexity index is 1430. The van der Waals surface area contributed by atoms with Crippen LogP contribution in [0.5, 0.6) is 5.75 Å². The number of hydrogen-bond acceptors (Lipinski definition) is 5. The van der Waals surface area contributed by atoms with Gasteiger partial charge in [-0.05, 0) is 41.0 Å². The first-order valence-electron chi connectivity index (χ1n) is 10.8. The molecule has 0 fully saturated rings. The van der Waals surface area contributed by atoms with Gasteiger partial charge in [-0.15, -0.1) is 0 Å². The van der Waals surface area contributed by atoms with Crippen molar-refractivity contribution in [2.45, 2.75) is 17.3 Å². The molecule has 1 heterocycles. The Hall–Kier alpha value is -4.35. The highest BCUT2D eigenvalue weighted by molar-refractivity contribution is 7.98. The highest BCUT2D eigenvalue weighted by Crippen LogP contribution is 2.30. The average molecular weight is 483 g/mol. The molecule has 1 aromatic heterocycles. The van der Waals surface area contributed by atoms with Crippen molar-refractivity contribution in [1.29, 1.82) is 0 Å². The van der Waals surface area contributed by atoms with Crippen LogP contribution < -0.4 is 15.6 Å². The summed E-state index contributed by atoms with van der Waals surface area (Å²) in [5.74, 6) is 1.09. The minimum Gasteiger partial charge on any atom is -0.497 e. The van der Waals surface area contributed by atoms with E-state index in [1.165, 1.54) is 11.8 Å². The summed E-state index contributed by atoms with van der Waals surface area (Å²) in [5, 5.41) is 3.32. The molecule has 2 N–H and O–H groups in total. The number of hydrogen-bond donors (Lipinski definition) is 2. The van der Waals surface area contributed by atoms with E-state index in [0.29, 0.717) is 40.0 Å². The Balaban J connectivity index is 1.44. The van der Waals surface area contributed by atoms with E-state index >= 15 is 0 Å². The van der Waals surface area contributed by atoms with Gasteiger partial charge in [0.25, 0.3) is 11.2 Å². The van der Waals surface area contributed by atoms with Gasteiger partial charge in [0.2, 0.25) is 5.91 Å². The number of nitrogens with zero attached hydrogens (tertiary/aromatic N) is 2. The molecule has 174 valence electrons. The van der Waals surface area contributed by atoms with Crippen LogP contribution in [0.4, 0.5) is 11.4 Å². The second-order valence-corrected chi connectivity index (χ2v) is 8.57. The predicted molar refractivity (Wildman–Crippen MR) is 138 cm³/mol. The van der Waals surface area contributed by atoms with Crippen LogP contribution in [0.3, 0.4) is 0 Å². The lowest BCUT2D eigenvalue weighted by atomic mass is 10.1. The summed E-state index contributed by atoms with van der Waals surface area (Å²) < 4.78 is 5.26. The molecular weight excluding hydrogens is 460 g/mol. The Morgan fingerprint density at radius 1 is 1.06 bits per heavy atom. The van der Waals surface area contributed by atoms with Crippen molar-refractivity contribution in [2.75, 3.05) is 12.4 Å². The molecule has 0 aliphatic carbocycles. The average Bonchev–Trinajstić information content (AvgIpc) is 2.88. The zero-order valence-corrected chi connectivity index (χ0v) is 19.8. The summed E-state index contributed by atoms with van der Waals surface area (Å²) in [6.07, 6.45) is 0.313. The van der Waals surface area contributed by atoms with Gasteiger partial charge >= 0.3 is 0 Å². The van der Waals surface area contributed by atoms with E-state index in [1.807, 2.05) is 54.6 Å². The number of carbonyl (C=O) groups is 1. The largest absolute Gasteiger partial charge is 0.497 e. The minimum atomic E-state index is -0.480. The molecule has 0 bridgehead atoms. The van der Waals surface area contributed by atoms with Gasteiger partial charge in [0, 0.05) is 11.4 Å². The van der Waals surface area contributed by atoms with Crippen LogP contribution in [-0.4, -0.2) is 23.0 Å². The number of H-pyrrole nitrogens is 1. The maximum Gasteiger partial charge on any atom is 0.276 e. The summed E-state index contributed by atoms with van der Waals surface area (Å²) >= 11 is 1.36. The van der Waals surface area contributed by atoms with Gasteiger partial charge in [-0.25, -0.2) is 9.83 Å². The molecule has 0 unspecified atom stereocenters. The van der Waals surface area contributed by atoms with E-state index in [1.54, 1.807) is 31.4 Å². The van der Waals surface area contributed by atoms with Gasteiger partial charge in [-0.3, -0.25) is 9.59 Å². The topological polar surface area (TPSA) is 88.4 Å². The van der Waals surface area contributed by atoms with Crippen LogP contribution in [0.25, 0.3) is 16.1 Å². The fourth-order valence-electron chi connectivity index (χ4n) is 3.41. The summed E-state index contributed by atoms with van der Waals surface area (Å²) in [7, 11) is 1.56. The maximum absolute atomic E-state index is 12.5. The van der Waals surface area contributed by atoms with Crippen LogP contribution in [-0.2, 0) is 17.0 Å². The second kappa shape index (κ2) is 11.2. The molecule has 1 amide bonds. The van der Waals surface area contributed by atoms with Crippen molar-refractivity contribution in [2.24, 2.45) is 0 Å². The fraction of sp³-hybridized carbons (Fsp3) is 0.111. The molecule has 3 aromatic carbocycles. The standard InChI is InChI=1S/C27H22N4O3S/c1-28-25-24(20-9-6-10-22(16-20)34-2)30-27(31-26(25)33)35-17-19-11-13-21(14-12-19)29-23(32)15-18-7-4-3-5-8-18/h3-14,16H,15,17H2,2H3,(H,29,32)(H,30,31,33). The first-order chi connectivity index (χ1) is 17.1. The van der Waals surface area contributed by atoms with Crippen molar-refractivity contribution >= 4 is 29.0 Å². The van der Waals surface area contributed by atoms with E-state index in [9.17, 15) is 9.59 Å². The third kappa shape index (κ3) is 6.16. The number of amides is 1. The van der Waals surface area contributed by atoms with Crippen LogP contribution in [0.1, 0.15) is 11.1 Å². The van der Waals surface area contributed by atoms with E-state index < -0.39 is 5.56 Å². The predicted octanol–water partition coefficient (Wildman–Crippen LogP) is 5.47. The molecule has 0 radical (unpaired) electrons. The summed E-state index contributed by atoms with van der Waals surface area (Å²) in [4.78, 5) is 35.4. The Morgan fingerprint density at radius 3 is 2.54 bits per heavy atom. The third-order valence-electron chi connectivity index (χ3n) is 5.15. The zero-order chi connectivity index (χ0) is 24.6. The Morgan fingerprint density at radius 2 is 1.83 bits per heavy atom. The molecular formula is C27H22N4O3S. The first kappa shape index (κ1) is 23.8. The highest BCUT2D eigenvalue weighted by atomic mass is 32.2. The van der Waals surface area contributed by atoms with Crippen molar-refractivity contribution < 1.29 is 9.53 Å². The molecule has 7 nitrogen and oxygen atoms in total. The highest BCUT2D eigenvalue weighted by Gasteiger charge is 2.15. The molecule has 0 saturated carbocycles. The fourth-order valence-corrected chi connectivity index (χ4v) is 4.23. The summed E-state index contributed by atoms with van der Waals surface area (Å²) in [6.45, 7) is 7.41. The SMILES string of the molecule is [C-]#[N+]c1c(-c2cccc(OC)c2)nc(SCc2ccc(NC(=O)Cc3ccccc3)cc2)[nH]c1=O. The first-order valence-corrected chi connectivity index (χ1v) is 11.8. The number of ether oxygens (including phenoxy) is 1. The lowest BCUT2D eigenvalue weighted by Crippen LogP contribution is -2.14. The molecule has 4 rings (SSSR count). The Kier molecular flexibility index (Phi) is 7.60. The van der Waals surface area contributed by atoms with Gasteiger partial charge in [-0.2, -0.15) is 0 Å². The number of aromatic amines is 1. The molecule has 8 heteroatoms. The van der Waals surface area contributed by atoms with Gasteiger partial charge in [0.05, 0.1) is 25.8 Å². The van der Waals surface area contributed by atoms with Crippen molar-refractivity contribution in [3.8, 4) is 17.0 Å². The molecule has 0 aliphatic heterocycles. The van der Waals surface area contributed by atoms with Gasteiger partial charge in [0.1, 0.15) is 5.75 Å². The number of carbonyl (C=O) groups excluding carboxylic acids is 1. The van der Waals surface area contributed by atoms with Gasteiger partial charge < -0.3 is 15.0 Å². The summed E-state index contributed by atoms with van der Waals surface area (Å²) in [5.41, 5.74) is 3.09. The lowest BCUT2D eigenvalue weighted by Gasteiger charge is -2.09. The van der Waals surface area contributed by atoms with Crippen molar-refractivity contribution in [3.05, 3.63) is 112 Å². The van der Waals surface area contributed by atoms with Crippen LogP contribution in [0.15, 0.2) is 88.8 Å². The second-order valence-electron chi connectivity index (χ2n) is 7.61. The number of nitrogens with one attached hydrogen (secondary N) is 2. The monoisotopic (exact) mass is 482 g/mol. The molecule has 0 atom stereocenters. The molecule has 0 aliphatic rings. The van der Waals surface area contributed by atoms with E-state index in [0.717, 1.165) is 11.1 Å². The number of aromatic nitrogens is 2. The van der Waals surface area contributed by atoms with Crippen molar-refractivity contribution in [3.63, 3.8) is 0 Å². The number of rotatable bonds is 8. The minimum absolute atomic E-state index is 0.0572. The van der Waals surface area contributed by atoms with E-state index in [-0.39, 0.29) is 11.6 Å². The molecule has 0 spiro atoms. The quantitative estimate of drug-likeness (QED) is 0.198.